The summed E-state index contributed by atoms with van der Waals surface area (Å²) in [5.74, 6) is 0.509. The molecule has 1 aliphatic rings. The predicted octanol–water partition coefficient (Wildman–Crippen LogP) is 2.23. The summed E-state index contributed by atoms with van der Waals surface area (Å²) in [7, 11) is 1.57. The summed E-state index contributed by atoms with van der Waals surface area (Å²) in [6.45, 7) is 2.79. The Morgan fingerprint density at radius 2 is 2.47 bits per heavy atom. The molecule has 1 fully saturated rings. The van der Waals surface area contributed by atoms with E-state index in [4.69, 9.17) is 9.47 Å². The summed E-state index contributed by atoms with van der Waals surface area (Å²) in [4.78, 5) is 16.3. The van der Waals surface area contributed by atoms with Crippen molar-refractivity contribution in [1.82, 2.24) is 4.98 Å². The van der Waals surface area contributed by atoms with Crippen LogP contribution in [0.5, 0.6) is 5.75 Å². The topological polar surface area (TPSA) is 60.5 Å². The summed E-state index contributed by atoms with van der Waals surface area (Å²) < 4.78 is 10.8. The highest BCUT2D eigenvalue weighted by atomic mass is 16.5. The summed E-state index contributed by atoms with van der Waals surface area (Å²) in [6, 6.07) is 1.73. The molecule has 0 spiro atoms. The number of aromatic nitrogens is 1. The van der Waals surface area contributed by atoms with Gasteiger partial charge in [-0.15, -0.1) is 0 Å². The number of amides is 1. The average molecular weight is 264 g/mol. The molecule has 0 aliphatic carbocycles. The number of anilines is 1. The third-order valence-electron chi connectivity index (χ3n) is 3.44. The fourth-order valence-electron chi connectivity index (χ4n) is 2.42. The SMILES string of the molecule is CC[C@@H]1OCCC[C@H]1C(=O)Nc1cnccc1OC. The minimum Gasteiger partial charge on any atom is -0.494 e. The summed E-state index contributed by atoms with van der Waals surface area (Å²) >= 11 is 0. The molecule has 2 rings (SSSR count). The molecular formula is C14H20N2O3. The molecule has 0 bridgehead atoms. The van der Waals surface area contributed by atoms with Gasteiger partial charge in [-0.25, -0.2) is 0 Å². The smallest absolute Gasteiger partial charge is 0.230 e. The van der Waals surface area contributed by atoms with Crippen molar-refractivity contribution in [3.05, 3.63) is 18.5 Å². The van der Waals surface area contributed by atoms with E-state index >= 15 is 0 Å². The van der Waals surface area contributed by atoms with Crippen molar-refractivity contribution in [2.75, 3.05) is 19.0 Å². The van der Waals surface area contributed by atoms with Crippen LogP contribution in [0.2, 0.25) is 0 Å². The van der Waals surface area contributed by atoms with Crippen molar-refractivity contribution in [3.8, 4) is 5.75 Å². The fraction of sp³-hybridized carbons (Fsp3) is 0.571. The summed E-state index contributed by atoms with van der Waals surface area (Å²) in [5.41, 5.74) is 0.607. The first-order chi connectivity index (χ1) is 9.26. The van der Waals surface area contributed by atoms with Crippen molar-refractivity contribution in [2.24, 2.45) is 5.92 Å². The molecular weight excluding hydrogens is 244 g/mol. The van der Waals surface area contributed by atoms with Crippen LogP contribution >= 0.6 is 0 Å². The first-order valence-corrected chi connectivity index (χ1v) is 6.66. The normalized spacial score (nSPS) is 22.8. The Labute approximate surface area is 113 Å². The molecule has 1 aliphatic heterocycles. The Balaban J connectivity index is 2.07. The number of carbonyl (C=O) groups is 1. The van der Waals surface area contributed by atoms with E-state index in [0.717, 1.165) is 25.9 Å². The first-order valence-electron chi connectivity index (χ1n) is 6.66. The Morgan fingerprint density at radius 3 is 3.21 bits per heavy atom. The lowest BCUT2D eigenvalue weighted by molar-refractivity contribution is -0.129. The van der Waals surface area contributed by atoms with Crippen LogP contribution in [0, 0.1) is 5.92 Å². The van der Waals surface area contributed by atoms with Gasteiger partial charge in [0, 0.05) is 18.9 Å². The number of pyridine rings is 1. The van der Waals surface area contributed by atoms with Crippen LogP contribution in [0.3, 0.4) is 0 Å². The first kappa shape index (κ1) is 13.8. The fourth-order valence-corrected chi connectivity index (χ4v) is 2.42. The molecule has 0 radical (unpaired) electrons. The van der Waals surface area contributed by atoms with E-state index in [-0.39, 0.29) is 17.9 Å². The molecule has 19 heavy (non-hydrogen) atoms. The molecule has 1 aromatic heterocycles. The van der Waals surface area contributed by atoms with Crippen LogP contribution in [0.15, 0.2) is 18.5 Å². The van der Waals surface area contributed by atoms with Crippen molar-refractivity contribution in [2.45, 2.75) is 32.3 Å². The maximum Gasteiger partial charge on any atom is 0.230 e. The number of nitrogens with zero attached hydrogens (tertiary/aromatic N) is 1. The predicted molar refractivity (Wildman–Crippen MR) is 72.2 cm³/mol. The highest BCUT2D eigenvalue weighted by Crippen LogP contribution is 2.27. The lowest BCUT2D eigenvalue weighted by atomic mass is 9.92. The van der Waals surface area contributed by atoms with Crippen molar-refractivity contribution >= 4 is 11.6 Å². The summed E-state index contributed by atoms with van der Waals surface area (Å²) in [5, 5.41) is 2.89. The molecule has 2 atom stereocenters. The monoisotopic (exact) mass is 264 g/mol. The van der Waals surface area contributed by atoms with E-state index in [1.807, 2.05) is 6.92 Å². The van der Waals surface area contributed by atoms with Crippen LogP contribution in [0.1, 0.15) is 26.2 Å². The molecule has 1 saturated heterocycles. The number of hydrogen-bond donors (Lipinski definition) is 1. The largest absolute Gasteiger partial charge is 0.494 e. The molecule has 1 aromatic rings. The molecule has 2 heterocycles. The van der Waals surface area contributed by atoms with Crippen LogP contribution in [0.25, 0.3) is 0 Å². The zero-order valence-corrected chi connectivity index (χ0v) is 11.4. The molecule has 104 valence electrons. The van der Waals surface area contributed by atoms with Gasteiger partial charge >= 0.3 is 0 Å². The molecule has 1 amide bonds. The van der Waals surface area contributed by atoms with Gasteiger partial charge in [-0.2, -0.15) is 0 Å². The van der Waals surface area contributed by atoms with Gasteiger partial charge in [0.1, 0.15) is 11.4 Å². The second kappa shape index (κ2) is 6.52. The minimum atomic E-state index is -0.0938. The Kier molecular flexibility index (Phi) is 4.74. The van der Waals surface area contributed by atoms with Gasteiger partial charge in [-0.3, -0.25) is 9.78 Å². The highest BCUT2D eigenvalue weighted by molar-refractivity contribution is 5.94. The number of ether oxygens (including phenoxy) is 2. The third-order valence-corrected chi connectivity index (χ3v) is 3.44. The zero-order chi connectivity index (χ0) is 13.7. The van der Waals surface area contributed by atoms with Gasteiger partial charge < -0.3 is 14.8 Å². The Bertz CT molecular complexity index is 436. The van der Waals surface area contributed by atoms with E-state index in [1.54, 1.807) is 25.6 Å². The lowest BCUT2D eigenvalue weighted by Gasteiger charge is -2.30. The molecule has 0 saturated carbocycles. The van der Waals surface area contributed by atoms with Gasteiger partial charge in [0.05, 0.1) is 25.3 Å². The molecule has 5 heteroatoms. The van der Waals surface area contributed by atoms with E-state index in [9.17, 15) is 4.79 Å². The maximum absolute atomic E-state index is 12.3. The number of methoxy groups -OCH3 is 1. The van der Waals surface area contributed by atoms with Crippen molar-refractivity contribution in [1.29, 1.82) is 0 Å². The van der Waals surface area contributed by atoms with Gasteiger partial charge in [0.2, 0.25) is 5.91 Å². The number of hydrogen-bond acceptors (Lipinski definition) is 4. The average Bonchev–Trinajstić information content (AvgIpc) is 2.47. The highest BCUT2D eigenvalue weighted by Gasteiger charge is 2.31. The van der Waals surface area contributed by atoms with Crippen molar-refractivity contribution in [3.63, 3.8) is 0 Å². The molecule has 0 unspecified atom stereocenters. The zero-order valence-electron chi connectivity index (χ0n) is 11.4. The quantitative estimate of drug-likeness (QED) is 0.906. The second-order valence-electron chi connectivity index (χ2n) is 4.63. The van der Waals surface area contributed by atoms with E-state index in [2.05, 4.69) is 10.3 Å². The van der Waals surface area contributed by atoms with Crippen LogP contribution in [-0.4, -0.2) is 30.7 Å². The van der Waals surface area contributed by atoms with Gasteiger partial charge in [0.25, 0.3) is 0 Å². The number of nitrogens with one attached hydrogen (secondary N) is 1. The minimum absolute atomic E-state index is 0.0106. The van der Waals surface area contributed by atoms with Crippen molar-refractivity contribution < 1.29 is 14.3 Å². The van der Waals surface area contributed by atoms with Crippen LogP contribution in [0.4, 0.5) is 5.69 Å². The number of carbonyl (C=O) groups excluding carboxylic acids is 1. The van der Waals surface area contributed by atoms with Gasteiger partial charge in [-0.1, -0.05) is 6.92 Å². The maximum atomic E-state index is 12.3. The van der Waals surface area contributed by atoms with Crippen LogP contribution < -0.4 is 10.1 Å². The van der Waals surface area contributed by atoms with Gasteiger partial charge in [-0.05, 0) is 19.3 Å². The van der Waals surface area contributed by atoms with E-state index in [1.165, 1.54) is 0 Å². The molecule has 0 aromatic carbocycles. The lowest BCUT2D eigenvalue weighted by Crippen LogP contribution is -2.37. The van der Waals surface area contributed by atoms with E-state index in [0.29, 0.717) is 11.4 Å². The standard InChI is InChI=1S/C14H20N2O3/c1-3-12-10(5-4-8-19-12)14(17)16-11-9-15-7-6-13(11)18-2/h6-7,9-10,12H,3-5,8H2,1-2H3,(H,16,17)/t10-,12+/m1/s1. The third kappa shape index (κ3) is 3.23. The second-order valence-corrected chi connectivity index (χ2v) is 4.63. The van der Waals surface area contributed by atoms with Gasteiger partial charge in [0.15, 0.2) is 0 Å². The molecule has 1 N–H and O–H groups in total. The van der Waals surface area contributed by atoms with E-state index < -0.39 is 0 Å². The van der Waals surface area contributed by atoms with Crippen LogP contribution in [-0.2, 0) is 9.53 Å². The Hall–Kier alpha value is -1.62. The molecule has 5 nitrogen and oxygen atoms in total. The Morgan fingerprint density at radius 1 is 1.63 bits per heavy atom. The summed E-state index contributed by atoms with van der Waals surface area (Å²) in [6.07, 6.45) is 5.89. The number of rotatable bonds is 4.